The van der Waals surface area contributed by atoms with E-state index in [0.717, 1.165) is 38.4 Å². The van der Waals surface area contributed by atoms with Gasteiger partial charge in [0.1, 0.15) is 0 Å². The maximum atomic E-state index is 13.1. The van der Waals surface area contributed by atoms with Crippen LogP contribution in [-0.4, -0.2) is 48.1 Å². The van der Waals surface area contributed by atoms with Gasteiger partial charge in [-0.3, -0.25) is 0 Å². The van der Waals surface area contributed by atoms with Crippen LogP contribution in [0.5, 0.6) is 0 Å². The number of rotatable bonds is 2. The van der Waals surface area contributed by atoms with Gasteiger partial charge in [0.25, 0.3) is 0 Å². The van der Waals surface area contributed by atoms with Crippen LogP contribution in [-0.2, 0) is 6.18 Å². The SMILES string of the molecule is O=C(Nc1ccccc1C(F)(F)F)N1CCCC(N2CCCC2)CC1. The van der Waals surface area contributed by atoms with Gasteiger partial charge in [0.05, 0.1) is 11.3 Å². The van der Waals surface area contributed by atoms with E-state index in [1.54, 1.807) is 4.90 Å². The van der Waals surface area contributed by atoms with Crippen LogP contribution in [0.4, 0.5) is 23.7 Å². The normalized spacial score (nSPS) is 22.7. The molecule has 1 atom stereocenters. The zero-order chi connectivity index (χ0) is 17.9. The fourth-order valence-corrected chi connectivity index (χ4v) is 3.79. The van der Waals surface area contributed by atoms with Crippen molar-refractivity contribution in [1.29, 1.82) is 0 Å². The first-order chi connectivity index (χ1) is 11.9. The standard InChI is InChI=1S/C18H24F3N3O/c19-18(20,21)15-7-1-2-8-16(15)22-17(25)24-12-5-6-14(9-13-24)23-10-3-4-11-23/h1-2,7-8,14H,3-6,9-13H2,(H,22,25). The molecule has 2 aliphatic rings. The van der Waals surface area contributed by atoms with Gasteiger partial charge in [0.15, 0.2) is 0 Å². The number of alkyl halides is 3. The quantitative estimate of drug-likeness (QED) is 0.863. The molecule has 0 aliphatic carbocycles. The largest absolute Gasteiger partial charge is 0.418 e. The van der Waals surface area contributed by atoms with Crippen molar-refractivity contribution in [2.75, 3.05) is 31.5 Å². The Kier molecular flexibility index (Phi) is 5.51. The number of hydrogen-bond donors (Lipinski definition) is 1. The summed E-state index contributed by atoms with van der Waals surface area (Å²) in [7, 11) is 0. The number of benzene rings is 1. The third-order valence-electron chi connectivity index (χ3n) is 5.12. The highest BCUT2D eigenvalue weighted by atomic mass is 19.4. The van der Waals surface area contributed by atoms with Gasteiger partial charge in [-0.1, -0.05) is 12.1 Å². The molecule has 3 rings (SSSR count). The fourth-order valence-electron chi connectivity index (χ4n) is 3.79. The van der Waals surface area contributed by atoms with Crippen molar-refractivity contribution in [1.82, 2.24) is 9.80 Å². The van der Waals surface area contributed by atoms with Crippen molar-refractivity contribution >= 4 is 11.7 Å². The minimum atomic E-state index is -4.48. The second-order valence-corrected chi connectivity index (χ2v) is 6.79. The summed E-state index contributed by atoms with van der Waals surface area (Å²) in [4.78, 5) is 16.6. The van der Waals surface area contributed by atoms with E-state index in [1.165, 1.54) is 31.0 Å². The second-order valence-electron chi connectivity index (χ2n) is 6.79. The van der Waals surface area contributed by atoms with Crippen molar-refractivity contribution in [2.45, 2.75) is 44.3 Å². The Balaban J connectivity index is 1.62. The molecule has 7 heteroatoms. The topological polar surface area (TPSA) is 35.6 Å². The summed E-state index contributed by atoms with van der Waals surface area (Å²) < 4.78 is 39.2. The Bertz CT molecular complexity index is 599. The van der Waals surface area contributed by atoms with Gasteiger partial charge in [-0.2, -0.15) is 13.2 Å². The minimum Gasteiger partial charge on any atom is -0.324 e. The molecule has 1 aromatic rings. The number of hydrogen-bond acceptors (Lipinski definition) is 2. The lowest BCUT2D eigenvalue weighted by Gasteiger charge is -2.26. The fraction of sp³-hybridized carbons (Fsp3) is 0.611. The predicted molar refractivity (Wildman–Crippen MR) is 90.5 cm³/mol. The lowest BCUT2D eigenvalue weighted by atomic mass is 10.1. The van der Waals surface area contributed by atoms with E-state index in [9.17, 15) is 18.0 Å². The average Bonchev–Trinajstić information content (AvgIpc) is 2.99. The molecule has 138 valence electrons. The molecule has 0 aromatic heterocycles. The lowest BCUT2D eigenvalue weighted by molar-refractivity contribution is -0.136. The first kappa shape index (κ1) is 18.0. The van der Waals surface area contributed by atoms with E-state index < -0.39 is 17.8 Å². The Hall–Kier alpha value is -1.76. The number of halogens is 3. The zero-order valence-corrected chi connectivity index (χ0v) is 14.2. The molecule has 4 nitrogen and oxygen atoms in total. The van der Waals surface area contributed by atoms with Gasteiger partial charge in [-0.15, -0.1) is 0 Å². The van der Waals surface area contributed by atoms with E-state index in [1.807, 2.05) is 0 Å². The molecular weight excluding hydrogens is 331 g/mol. The summed E-state index contributed by atoms with van der Waals surface area (Å²) in [5, 5.41) is 2.45. The van der Waals surface area contributed by atoms with Crippen LogP contribution in [0.2, 0.25) is 0 Å². The second kappa shape index (κ2) is 7.64. The predicted octanol–water partition coefficient (Wildman–Crippen LogP) is 4.19. The number of carbonyl (C=O) groups excluding carboxylic acids is 1. The maximum absolute atomic E-state index is 13.1. The molecule has 0 spiro atoms. The van der Waals surface area contributed by atoms with Crippen LogP contribution in [0.1, 0.15) is 37.7 Å². The van der Waals surface area contributed by atoms with E-state index in [4.69, 9.17) is 0 Å². The number of amides is 2. The third-order valence-corrected chi connectivity index (χ3v) is 5.12. The summed E-state index contributed by atoms with van der Waals surface area (Å²) in [6, 6.07) is 5.15. The number of urea groups is 1. The van der Waals surface area contributed by atoms with Crippen LogP contribution in [0.15, 0.2) is 24.3 Å². The lowest BCUT2D eigenvalue weighted by Crippen LogP contribution is -2.37. The number of likely N-dealkylation sites (tertiary alicyclic amines) is 2. The Morgan fingerprint density at radius 1 is 1.00 bits per heavy atom. The highest BCUT2D eigenvalue weighted by Crippen LogP contribution is 2.34. The average molecular weight is 355 g/mol. The highest BCUT2D eigenvalue weighted by molar-refractivity contribution is 5.90. The third kappa shape index (κ3) is 4.45. The molecule has 1 unspecified atom stereocenters. The summed E-state index contributed by atoms with van der Waals surface area (Å²) in [5.74, 6) is 0. The van der Waals surface area contributed by atoms with Crippen LogP contribution in [0.25, 0.3) is 0 Å². The van der Waals surface area contributed by atoms with E-state index in [2.05, 4.69) is 10.2 Å². The van der Waals surface area contributed by atoms with E-state index >= 15 is 0 Å². The summed E-state index contributed by atoms with van der Waals surface area (Å²) in [6.07, 6.45) is 0.792. The number of anilines is 1. The number of nitrogens with one attached hydrogen (secondary N) is 1. The van der Waals surface area contributed by atoms with Gasteiger partial charge in [0.2, 0.25) is 0 Å². The van der Waals surface area contributed by atoms with Crippen molar-refractivity contribution < 1.29 is 18.0 Å². The van der Waals surface area contributed by atoms with Gasteiger partial charge in [0, 0.05) is 19.1 Å². The minimum absolute atomic E-state index is 0.180. The number of nitrogens with zero attached hydrogens (tertiary/aromatic N) is 2. The van der Waals surface area contributed by atoms with Crippen molar-refractivity contribution in [2.24, 2.45) is 0 Å². The molecule has 2 amide bonds. The Labute approximate surface area is 146 Å². The monoisotopic (exact) mass is 355 g/mol. The molecule has 2 aliphatic heterocycles. The summed E-state index contributed by atoms with van der Waals surface area (Å²) in [6.45, 7) is 3.41. The molecule has 0 saturated carbocycles. The molecular formula is C18H24F3N3O. The highest BCUT2D eigenvalue weighted by Gasteiger charge is 2.34. The maximum Gasteiger partial charge on any atom is 0.418 e. The number of para-hydroxylation sites is 1. The number of carbonyl (C=O) groups is 1. The van der Waals surface area contributed by atoms with Crippen LogP contribution in [0.3, 0.4) is 0 Å². The molecule has 2 saturated heterocycles. The molecule has 25 heavy (non-hydrogen) atoms. The molecule has 2 fully saturated rings. The van der Waals surface area contributed by atoms with Crippen LogP contribution in [0, 0.1) is 0 Å². The first-order valence-electron chi connectivity index (χ1n) is 8.91. The first-order valence-corrected chi connectivity index (χ1v) is 8.91. The van der Waals surface area contributed by atoms with Crippen LogP contribution < -0.4 is 5.32 Å². The molecule has 0 radical (unpaired) electrons. The zero-order valence-electron chi connectivity index (χ0n) is 14.2. The summed E-state index contributed by atoms with van der Waals surface area (Å²) in [5.41, 5.74) is -0.992. The smallest absolute Gasteiger partial charge is 0.324 e. The van der Waals surface area contributed by atoms with E-state index in [-0.39, 0.29) is 5.69 Å². The van der Waals surface area contributed by atoms with Gasteiger partial charge in [-0.05, 0) is 57.3 Å². The van der Waals surface area contributed by atoms with Gasteiger partial charge in [-0.25, -0.2) is 4.79 Å². The molecule has 0 bridgehead atoms. The van der Waals surface area contributed by atoms with Crippen molar-refractivity contribution in [3.8, 4) is 0 Å². The van der Waals surface area contributed by atoms with Gasteiger partial charge >= 0.3 is 12.2 Å². The van der Waals surface area contributed by atoms with Crippen LogP contribution >= 0.6 is 0 Å². The van der Waals surface area contributed by atoms with E-state index in [0.29, 0.717) is 19.1 Å². The summed E-state index contributed by atoms with van der Waals surface area (Å²) >= 11 is 0. The van der Waals surface area contributed by atoms with Gasteiger partial charge < -0.3 is 15.1 Å². The van der Waals surface area contributed by atoms with Crippen molar-refractivity contribution in [3.05, 3.63) is 29.8 Å². The Morgan fingerprint density at radius 2 is 1.72 bits per heavy atom. The Morgan fingerprint density at radius 3 is 2.44 bits per heavy atom. The molecule has 1 N–H and O–H groups in total. The van der Waals surface area contributed by atoms with Crippen molar-refractivity contribution in [3.63, 3.8) is 0 Å². The molecule has 2 heterocycles. The molecule has 1 aromatic carbocycles.